The standard InChI is InChI=1S/C16H17ClN2O2S/c17-12-8-10(6-7-13(12)20)9-14-15(21)19-16(22-14)18-11-4-2-1-3-5-11/h6-9,11,20H,1-5H2,(H,18,19,21). The number of rotatable bonds is 2. The van der Waals surface area contributed by atoms with E-state index in [0.29, 0.717) is 16.1 Å². The van der Waals surface area contributed by atoms with Gasteiger partial charge in [0.1, 0.15) is 5.75 Å². The van der Waals surface area contributed by atoms with Gasteiger partial charge in [-0.05, 0) is 48.4 Å². The van der Waals surface area contributed by atoms with E-state index in [1.165, 1.54) is 37.1 Å². The van der Waals surface area contributed by atoms with Crippen LogP contribution in [-0.4, -0.2) is 22.2 Å². The van der Waals surface area contributed by atoms with Crippen LogP contribution >= 0.6 is 23.4 Å². The highest BCUT2D eigenvalue weighted by Gasteiger charge is 2.25. The number of halogens is 1. The second kappa shape index (κ2) is 6.75. The van der Waals surface area contributed by atoms with E-state index in [1.807, 2.05) is 0 Å². The molecule has 1 heterocycles. The van der Waals surface area contributed by atoms with Crippen LogP contribution in [0.4, 0.5) is 0 Å². The Morgan fingerprint density at radius 2 is 2.09 bits per heavy atom. The Morgan fingerprint density at radius 1 is 1.32 bits per heavy atom. The van der Waals surface area contributed by atoms with Crippen LogP contribution in [-0.2, 0) is 4.79 Å². The number of nitrogens with zero attached hydrogens (tertiary/aromatic N) is 1. The van der Waals surface area contributed by atoms with E-state index < -0.39 is 0 Å². The molecule has 116 valence electrons. The molecule has 1 saturated heterocycles. The number of carbonyl (C=O) groups excluding carboxylic acids is 1. The van der Waals surface area contributed by atoms with Crippen molar-refractivity contribution in [3.63, 3.8) is 0 Å². The number of hydrogen-bond acceptors (Lipinski definition) is 4. The van der Waals surface area contributed by atoms with Gasteiger partial charge in [0, 0.05) is 0 Å². The van der Waals surface area contributed by atoms with Gasteiger partial charge >= 0.3 is 0 Å². The highest BCUT2D eigenvalue weighted by molar-refractivity contribution is 8.18. The lowest BCUT2D eigenvalue weighted by atomic mass is 9.96. The van der Waals surface area contributed by atoms with E-state index in [1.54, 1.807) is 18.2 Å². The quantitative estimate of drug-likeness (QED) is 0.804. The minimum absolute atomic E-state index is 0.0342. The smallest absolute Gasteiger partial charge is 0.264 e. The molecule has 1 amide bonds. The maximum absolute atomic E-state index is 12.0. The molecular weight excluding hydrogens is 320 g/mol. The minimum Gasteiger partial charge on any atom is -0.506 e. The molecule has 2 aliphatic rings. The van der Waals surface area contributed by atoms with Gasteiger partial charge in [0.2, 0.25) is 0 Å². The molecule has 0 radical (unpaired) electrons. The summed E-state index contributed by atoms with van der Waals surface area (Å²) < 4.78 is 0. The number of phenols is 1. The molecule has 1 aromatic rings. The number of amidine groups is 1. The Morgan fingerprint density at radius 3 is 2.82 bits per heavy atom. The summed E-state index contributed by atoms with van der Waals surface area (Å²) in [5.74, 6) is -0.101. The van der Waals surface area contributed by atoms with Gasteiger partial charge in [0.15, 0.2) is 5.17 Å². The van der Waals surface area contributed by atoms with E-state index in [-0.39, 0.29) is 16.7 Å². The van der Waals surface area contributed by atoms with Crippen LogP contribution in [0.3, 0.4) is 0 Å². The SMILES string of the molecule is O=C1NC(=NC2CCCCC2)SC1=Cc1ccc(O)c(Cl)c1. The van der Waals surface area contributed by atoms with Gasteiger partial charge in [0.05, 0.1) is 16.0 Å². The van der Waals surface area contributed by atoms with Gasteiger partial charge < -0.3 is 10.4 Å². The molecule has 6 heteroatoms. The Balaban J connectivity index is 1.74. The van der Waals surface area contributed by atoms with Crippen molar-refractivity contribution in [1.29, 1.82) is 0 Å². The molecule has 0 atom stereocenters. The zero-order valence-corrected chi connectivity index (χ0v) is 13.6. The number of thioether (sulfide) groups is 1. The topological polar surface area (TPSA) is 61.7 Å². The number of phenolic OH excluding ortho intramolecular Hbond substituents is 1. The molecule has 4 nitrogen and oxygen atoms in total. The molecule has 22 heavy (non-hydrogen) atoms. The van der Waals surface area contributed by atoms with Gasteiger partial charge in [-0.3, -0.25) is 9.79 Å². The fourth-order valence-electron chi connectivity index (χ4n) is 2.63. The van der Waals surface area contributed by atoms with Crippen molar-refractivity contribution in [3.8, 4) is 5.75 Å². The first-order chi connectivity index (χ1) is 10.6. The van der Waals surface area contributed by atoms with Gasteiger partial charge in [-0.15, -0.1) is 0 Å². The lowest BCUT2D eigenvalue weighted by Crippen LogP contribution is -2.22. The van der Waals surface area contributed by atoms with Crippen molar-refractivity contribution in [2.75, 3.05) is 0 Å². The van der Waals surface area contributed by atoms with Gasteiger partial charge in [-0.2, -0.15) is 0 Å². The lowest BCUT2D eigenvalue weighted by molar-refractivity contribution is -0.115. The molecule has 1 saturated carbocycles. The van der Waals surface area contributed by atoms with Crippen LogP contribution in [0.1, 0.15) is 37.7 Å². The molecule has 0 spiro atoms. The van der Waals surface area contributed by atoms with Crippen molar-refractivity contribution in [2.24, 2.45) is 4.99 Å². The predicted octanol–water partition coefficient (Wildman–Crippen LogP) is 3.94. The monoisotopic (exact) mass is 336 g/mol. The molecular formula is C16H17ClN2O2S. The van der Waals surface area contributed by atoms with E-state index in [2.05, 4.69) is 10.3 Å². The number of benzene rings is 1. The molecule has 3 rings (SSSR count). The van der Waals surface area contributed by atoms with E-state index in [0.717, 1.165) is 18.4 Å². The van der Waals surface area contributed by atoms with Crippen molar-refractivity contribution >= 4 is 40.5 Å². The zero-order valence-electron chi connectivity index (χ0n) is 12.0. The summed E-state index contributed by atoms with van der Waals surface area (Å²) >= 11 is 7.25. The summed E-state index contributed by atoms with van der Waals surface area (Å²) in [4.78, 5) is 17.3. The number of amides is 1. The molecule has 0 bridgehead atoms. The van der Waals surface area contributed by atoms with Gasteiger partial charge in [-0.25, -0.2) is 0 Å². The maximum Gasteiger partial charge on any atom is 0.264 e. The summed E-state index contributed by atoms with van der Waals surface area (Å²) in [7, 11) is 0. The van der Waals surface area contributed by atoms with E-state index in [9.17, 15) is 9.90 Å². The number of nitrogens with one attached hydrogen (secondary N) is 1. The number of aliphatic imine (C=N–C) groups is 1. The average Bonchev–Trinajstić information content (AvgIpc) is 2.84. The Labute approximate surface area is 138 Å². The fraction of sp³-hybridized carbons (Fsp3) is 0.375. The van der Waals surface area contributed by atoms with Crippen molar-refractivity contribution in [1.82, 2.24) is 5.32 Å². The fourth-order valence-corrected chi connectivity index (χ4v) is 3.71. The molecule has 1 aliphatic heterocycles. The third-order valence-electron chi connectivity index (χ3n) is 3.79. The first-order valence-electron chi connectivity index (χ1n) is 7.39. The number of aromatic hydroxyl groups is 1. The Bertz CT molecular complexity index is 652. The zero-order chi connectivity index (χ0) is 15.5. The number of hydrogen-bond donors (Lipinski definition) is 2. The van der Waals surface area contributed by atoms with E-state index in [4.69, 9.17) is 11.6 Å². The van der Waals surface area contributed by atoms with Crippen LogP contribution in [0, 0.1) is 0 Å². The van der Waals surface area contributed by atoms with Gasteiger partial charge in [-0.1, -0.05) is 36.9 Å². The minimum atomic E-state index is -0.135. The molecule has 1 aliphatic carbocycles. The Hall–Kier alpha value is -1.46. The molecule has 2 N–H and O–H groups in total. The highest BCUT2D eigenvalue weighted by Crippen LogP contribution is 2.30. The van der Waals surface area contributed by atoms with Crippen molar-refractivity contribution < 1.29 is 9.90 Å². The van der Waals surface area contributed by atoms with Crippen LogP contribution in [0.15, 0.2) is 28.1 Å². The Kier molecular flexibility index (Phi) is 4.74. The molecule has 1 aromatic carbocycles. The number of carbonyl (C=O) groups is 1. The second-order valence-electron chi connectivity index (χ2n) is 5.50. The molecule has 2 fully saturated rings. The third-order valence-corrected chi connectivity index (χ3v) is 5.02. The molecule has 0 unspecified atom stereocenters. The third kappa shape index (κ3) is 3.65. The lowest BCUT2D eigenvalue weighted by Gasteiger charge is -2.17. The first-order valence-corrected chi connectivity index (χ1v) is 8.58. The van der Waals surface area contributed by atoms with Crippen LogP contribution < -0.4 is 5.32 Å². The van der Waals surface area contributed by atoms with Crippen molar-refractivity contribution in [2.45, 2.75) is 38.1 Å². The summed E-state index contributed by atoms with van der Waals surface area (Å²) in [5.41, 5.74) is 0.777. The largest absolute Gasteiger partial charge is 0.506 e. The average molecular weight is 337 g/mol. The van der Waals surface area contributed by atoms with Crippen LogP contribution in [0.25, 0.3) is 6.08 Å². The maximum atomic E-state index is 12.0. The summed E-state index contributed by atoms with van der Waals surface area (Å²) in [6.45, 7) is 0. The van der Waals surface area contributed by atoms with E-state index >= 15 is 0 Å². The summed E-state index contributed by atoms with van der Waals surface area (Å²) in [6.07, 6.45) is 7.69. The first kappa shape index (κ1) is 15.4. The van der Waals surface area contributed by atoms with Crippen molar-refractivity contribution in [3.05, 3.63) is 33.7 Å². The highest BCUT2D eigenvalue weighted by atomic mass is 35.5. The molecule has 0 aromatic heterocycles. The van der Waals surface area contributed by atoms with Crippen LogP contribution in [0.5, 0.6) is 5.75 Å². The predicted molar refractivity (Wildman–Crippen MR) is 91.1 cm³/mol. The second-order valence-corrected chi connectivity index (χ2v) is 6.94. The summed E-state index contributed by atoms with van der Waals surface area (Å²) in [5, 5.41) is 13.2. The van der Waals surface area contributed by atoms with Crippen LogP contribution in [0.2, 0.25) is 5.02 Å². The van der Waals surface area contributed by atoms with Gasteiger partial charge in [0.25, 0.3) is 5.91 Å². The normalized spacial score (nSPS) is 23.2. The summed E-state index contributed by atoms with van der Waals surface area (Å²) in [6, 6.07) is 5.20.